The first-order valence-corrected chi connectivity index (χ1v) is 12.8. The highest BCUT2D eigenvalue weighted by Gasteiger charge is 2.42. The molecule has 4 nitrogen and oxygen atoms in total. The molecule has 5 heteroatoms. The Hall–Kier alpha value is -3.73. The summed E-state index contributed by atoms with van der Waals surface area (Å²) < 4.78 is 15.4. The normalized spacial score (nSPS) is 19.3. The quantitative estimate of drug-likeness (QED) is 0.375. The molecule has 1 aliphatic carbocycles. The van der Waals surface area contributed by atoms with E-state index in [1.165, 1.54) is 6.07 Å². The van der Waals surface area contributed by atoms with Crippen molar-refractivity contribution in [2.45, 2.75) is 57.4 Å². The molecule has 0 fully saturated rings. The minimum atomic E-state index is -0.823. The third-order valence-corrected chi connectivity index (χ3v) is 7.22. The second-order valence-electron chi connectivity index (χ2n) is 9.62. The number of nitrogens with zero attached hydrogens (tertiary/aromatic N) is 1. The van der Waals surface area contributed by atoms with Crippen LogP contribution >= 0.6 is 0 Å². The number of halogens is 1. The molecule has 184 valence electrons. The first kappa shape index (κ1) is 24.0. The summed E-state index contributed by atoms with van der Waals surface area (Å²) in [6.07, 6.45) is 3.97. The summed E-state index contributed by atoms with van der Waals surface area (Å²) >= 11 is 0. The molecule has 1 amide bonds. The van der Waals surface area contributed by atoms with E-state index in [1.807, 2.05) is 54.6 Å². The fourth-order valence-corrected chi connectivity index (χ4v) is 5.46. The molecule has 36 heavy (non-hydrogen) atoms. The zero-order valence-corrected chi connectivity index (χ0v) is 20.5. The van der Waals surface area contributed by atoms with Crippen molar-refractivity contribution in [1.82, 2.24) is 0 Å². The summed E-state index contributed by atoms with van der Waals surface area (Å²) in [6, 6.07) is 23.3. The van der Waals surface area contributed by atoms with Gasteiger partial charge in [0.1, 0.15) is 5.82 Å². The van der Waals surface area contributed by atoms with E-state index in [-0.39, 0.29) is 17.6 Å². The molecular weight excluding hydrogens is 451 g/mol. The van der Waals surface area contributed by atoms with Crippen LogP contribution in [0, 0.1) is 5.82 Å². The maximum Gasteiger partial charge on any atom is 0.227 e. The van der Waals surface area contributed by atoms with E-state index in [0.29, 0.717) is 36.1 Å². The number of carbonyl (C=O) groups excluding carboxylic acids is 2. The van der Waals surface area contributed by atoms with E-state index in [1.54, 1.807) is 23.1 Å². The Balaban J connectivity index is 1.68. The molecular formula is C31H31FN2O2. The lowest BCUT2D eigenvalue weighted by Crippen LogP contribution is -2.38. The minimum absolute atomic E-state index is 0.0187. The molecule has 1 N–H and O–H groups in total. The second kappa shape index (κ2) is 10.5. The summed E-state index contributed by atoms with van der Waals surface area (Å²) in [4.78, 5) is 29.3. The molecule has 0 saturated heterocycles. The summed E-state index contributed by atoms with van der Waals surface area (Å²) in [5.41, 5.74) is 4.14. The van der Waals surface area contributed by atoms with Crippen LogP contribution in [0.2, 0.25) is 0 Å². The maximum absolute atomic E-state index is 15.4. The number of fused-ring (bicyclic) bond motifs is 1. The first-order chi connectivity index (χ1) is 17.6. The summed E-state index contributed by atoms with van der Waals surface area (Å²) in [7, 11) is 0. The molecule has 0 bridgehead atoms. The highest BCUT2D eigenvalue weighted by Crippen LogP contribution is 2.48. The van der Waals surface area contributed by atoms with Crippen LogP contribution in [0.1, 0.15) is 68.5 Å². The molecule has 0 aromatic heterocycles. The van der Waals surface area contributed by atoms with Gasteiger partial charge >= 0.3 is 0 Å². The largest absolute Gasteiger partial charge is 0.357 e. The van der Waals surface area contributed by atoms with Crippen LogP contribution in [-0.2, 0) is 9.59 Å². The highest BCUT2D eigenvalue weighted by atomic mass is 19.1. The number of hydrogen-bond acceptors (Lipinski definition) is 3. The minimum Gasteiger partial charge on any atom is -0.357 e. The number of rotatable bonds is 6. The van der Waals surface area contributed by atoms with Crippen molar-refractivity contribution >= 4 is 23.1 Å². The summed E-state index contributed by atoms with van der Waals surface area (Å²) in [5, 5.41) is 3.51. The van der Waals surface area contributed by atoms with E-state index >= 15 is 4.39 Å². The van der Waals surface area contributed by atoms with E-state index in [0.717, 1.165) is 36.2 Å². The van der Waals surface area contributed by atoms with Crippen molar-refractivity contribution in [3.8, 4) is 0 Å². The predicted octanol–water partition coefficient (Wildman–Crippen LogP) is 7.31. The Morgan fingerprint density at radius 2 is 1.67 bits per heavy atom. The van der Waals surface area contributed by atoms with Crippen molar-refractivity contribution in [3.05, 3.63) is 107 Å². The Kier molecular flexibility index (Phi) is 6.99. The van der Waals surface area contributed by atoms with Crippen molar-refractivity contribution < 1.29 is 14.0 Å². The number of unbranched alkanes of at least 4 members (excludes halogenated alkanes) is 2. The molecule has 1 heterocycles. The van der Waals surface area contributed by atoms with Crippen LogP contribution in [-0.4, -0.2) is 11.7 Å². The molecule has 0 unspecified atom stereocenters. The van der Waals surface area contributed by atoms with Gasteiger partial charge in [-0.1, -0.05) is 80.4 Å². The molecule has 3 aromatic rings. The van der Waals surface area contributed by atoms with E-state index in [4.69, 9.17) is 0 Å². The topological polar surface area (TPSA) is 49.4 Å². The number of anilines is 2. The standard InChI is InChI=1S/C31H31FN2O2/c1-2-3-5-18-29(36)34-27-17-11-10-16-25(27)33-26-19-22(21-12-6-4-7-13-21)20-28(35)30(26)31(34)23-14-8-9-15-24(23)32/h4,6-17,22,31,33H,2-3,5,18-20H2,1H3/t22-,31+/m1/s1. The first-order valence-electron chi connectivity index (χ1n) is 12.8. The van der Waals surface area contributed by atoms with Crippen LogP contribution in [0.15, 0.2) is 90.1 Å². The van der Waals surface area contributed by atoms with Gasteiger partial charge in [0.25, 0.3) is 0 Å². The molecule has 1 aliphatic heterocycles. The van der Waals surface area contributed by atoms with Gasteiger partial charge in [-0.05, 0) is 42.5 Å². The lowest BCUT2D eigenvalue weighted by Gasteiger charge is -2.35. The summed E-state index contributed by atoms with van der Waals surface area (Å²) in [5.74, 6) is -0.550. The van der Waals surface area contributed by atoms with Gasteiger partial charge in [-0.25, -0.2) is 4.39 Å². The third-order valence-electron chi connectivity index (χ3n) is 7.22. The van der Waals surface area contributed by atoms with E-state index < -0.39 is 11.9 Å². The van der Waals surface area contributed by atoms with Gasteiger partial charge < -0.3 is 5.32 Å². The second-order valence-corrected chi connectivity index (χ2v) is 9.62. The van der Waals surface area contributed by atoms with Crippen molar-refractivity contribution in [2.24, 2.45) is 0 Å². The van der Waals surface area contributed by atoms with Crippen LogP contribution in [0.25, 0.3) is 0 Å². The monoisotopic (exact) mass is 482 g/mol. The van der Waals surface area contributed by atoms with Crippen LogP contribution in [0.5, 0.6) is 0 Å². The van der Waals surface area contributed by atoms with Crippen LogP contribution in [0.4, 0.5) is 15.8 Å². The Morgan fingerprint density at radius 3 is 2.44 bits per heavy atom. The van der Waals surface area contributed by atoms with Gasteiger partial charge in [0.05, 0.1) is 17.4 Å². The number of para-hydroxylation sites is 2. The van der Waals surface area contributed by atoms with Crippen molar-refractivity contribution in [2.75, 3.05) is 10.2 Å². The molecule has 3 aromatic carbocycles. The van der Waals surface area contributed by atoms with Crippen molar-refractivity contribution in [1.29, 1.82) is 0 Å². The number of carbonyl (C=O) groups is 2. The number of amides is 1. The number of Topliss-reactive ketones (excluding diaryl/α,β-unsaturated/α-hetero) is 1. The van der Waals surface area contributed by atoms with Gasteiger partial charge in [-0.15, -0.1) is 0 Å². The lowest BCUT2D eigenvalue weighted by atomic mass is 9.78. The number of ketones is 1. The Labute approximate surface area is 211 Å². The number of allylic oxidation sites excluding steroid dienone is 1. The average Bonchev–Trinajstić information content (AvgIpc) is 3.04. The van der Waals surface area contributed by atoms with Gasteiger partial charge in [0, 0.05) is 29.7 Å². The van der Waals surface area contributed by atoms with Crippen molar-refractivity contribution in [3.63, 3.8) is 0 Å². The van der Waals surface area contributed by atoms with Gasteiger partial charge in [-0.2, -0.15) is 0 Å². The van der Waals surface area contributed by atoms with Gasteiger partial charge in [0.2, 0.25) is 5.91 Å². The number of benzene rings is 3. The van der Waals surface area contributed by atoms with E-state index in [2.05, 4.69) is 12.2 Å². The number of hydrogen-bond donors (Lipinski definition) is 1. The molecule has 5 rings (SSSR count). The fourth-order valence-electron chi connectivity index (χ4n) is 5.46. The van der Waals surface area contributed by atoms with E-state index in [9.17, 15) is 9.59 Å². The lowest BCUT2D eigenvalue weighted by molar-refractivity contribution is -0.119. The van der Waals surface area contributed by atoms with Crippen LogP contribution < -0.4 is 10.2 Å². The highest BCUT2D eigenvalue weighted by molar-refractivity contribution is 6.06. The Morgan fingerprint density at radius 1 is 0.944 bits per heavy atom. The zero-order chi connectivity index (χ0) is 25.1. The zero-order valence-electron chi connectivity index (χ0n) is 20.5. The fraction of sp³-hybridized carbons (Fsp3) is 0.290. The van der Waals surface area contributed by atoms with Crippen LogP contribution in [0.3, 0.4) is 0 Å². The maximum atomic E-state index is 15.4. The van der Waals surface area contributed by atoms with Gasteiger partial charge in [-0.3, -0.25) is 14.5 Å². The molecule has 0 radical (unpaired) electrons. The third kappa shape index (κ3) is 4.58. The molecule has 0 saturated carbocycles. The average molecular weight is 483 g/mol. The smallest absolute Gasteiger partial charge is 0.227 e. The SMILES string of the molecule is CCCCCC(=O)N1c2ccccc2NC2=C(C(=O)C[C@H](c3ccccc3)C2)[C@@H]1c1ccccc1F. The van der Waals surface area contributed by atoms with Gasteiger partial charge in [0.15, 0.2) is 5.78 Å². The molecule has 2 atom stereocenters. The molecule has 0 spiro atoms. The predicted molar refractivity (Wildman–Crippen MR) is 141 cm³/mol. The molecule has 2 aliphatic rings. The summed E-state index contributed by atoms with van der Waals surface area (Å²) in [6.45, 7) is 2.10. The Bertz CT molecular complexity index is 1300. The number of nitrogens with one attached hydrogen (secondary N) is 1.